The molecular weight excluding hydrogens is 422 g/mol. The molecule has 0 aliphatic heterocycles. The minimum absolute atomic E-state index is 0.199. The molecule has 0 saturated carbocycles. The first-order chi connectivity index (χ1) is 10.9. The van der Waals surface area contributed by atoms with Crippen molar-refractivity contribution in [1.82, 2.24) is 0 Å². The lowest BCUT2D eigenvalue weighted by molar-refractivity contribution is 0.102. The number of anilines is 1. The number of carbonyl (C=O) groups is 1. The average molecular weight is 441 g/mol. The van der Waals surface area contributed by atoms with Gasteiger partial charge in [0.2, 0.25) is 0 Å². The quantitative estimate of drug-likeness (QED) is 0.637. The molecule has 1 N–H and O–H groups in total. The Morgan fingerprint density at radius 1 is 1.17 bits per heavy atom. The fourth-order valence-electron chi connectivity index (χ4n) is 1.97. The van der Waals surface area contributed by atoms with Crippen LogP contribution in [-0.2, 0) is 0 Å². The largest absolute Gasteiger partial charge is 0.492 e. The summed E-state index contributed by atoms with van der Waals surface area (Å²) in [5.41, 5.74) is 2.36. The van der Waals surface area contributed by atoms with E-state index in [2.05, 4.69) is 51.0 Å². The van der Waals surface area contributed by atoms with Gasteiger partial charge in [-0.25, -0.2) is 0 Å². The minimum Gasteiger partial charge on any atom is -0.492 e. The Kier molecular flexibility index (Phi) is 6.25. The summed E-state index contributed by atoms with van der Waals surface area (Å²) < 4.78 is 7.46. The third-order valence-electron chi connectivity index (χ3n) is 3.13. The number of amides is 1. The number of aryl methyl sites for hydroxylation is 1. The van der Waals surface area contributed by atoms with Crippen molar-refractivity contribution in [2.24, 2.45) is 5.92 Å². The summed E-state index contributed by atoms with van der Waals surface area (Å²) >= 11 is 6.88. The van der Waals surface area contributed by atoms with E-state index >= 15 is 0 Å². The number of ether oxygens (including phenoxy) is 1. The first-order valence-corrected chi connectivity index (χ1v) is 8.95. The Balaban J connectivity index is 2.25. The van der Waals surface area contributed by atoms with Crippen LogP contribution in [-0.4, -0.2) is 12.5 Å². The fourth-order valence-corrected chi connectivity index (χ4v) is 2.93. The molecule has 0 aliphatic rings. The van der Waals surface area contributed by atoms with Gasteiger partial charge in [-0.05, 0) is 64.7 Å². The summed E-state index contributed by atoms with van der Waals surface area (Å²) in [5.74, 6) is 0.776. The number of hydrogen-bond donors (Lipinski definition) is 1. The lowest BCUT2D eigenvalue weighted by Crippen LogP contribution is -2.15. The average Bonchev–Trinajstić information content (AvgIpc) is 2.48. The maximum atomic E-state index is 12.6. The van der Waals surface area contributed by atoms with E-state index in [1.807, 2.05) is 37.3 Å². The second kappa shape index (κ2) is 7.97. The lowest BCUT2D eigenvalue weighted by Gasteiger charge is -2.14. The Morgan fingerprint density at radius 2 is 1.91 bits per heavy atom. The molecule has 2 aromatic rings. The Labute approximate surface area is 153 Å². The molecule has 2 aromatic carbocycles. The van der Waals surface area contributed by atoms with Crippen LogP contribution in [0.3, 0.4) is 0 Å². The number of rotatable bonds is 5. The maximum Gasteiger partial charge on any atom is 0.259 e. The van der Waals surface area contributed by atoms with Crippen molar-refractivity contribution in [2.45, 2.75) is 20.8 Å². The van der Waals surface area contributed by atoms with Gasteiger partial charge in [0.05, 0.1) is 17.9 Å². The topological polar surface area (TPSA) is 38.3 Å². The molecule has 1 amide bonds. The van der Waals surface area contributed by atoms with Crippen molar-refractivity contribution in [3.8, 4) is 5.75 Å². The van der Waals surface area contributed by atoms with Crippen LogP contribution in [0, 0.1) is 12.8 Å². The van der Waals surface area contributed by atoms with Gasteiger partial charge >= 0.3 is 0 Å². The van der Waals surface area contributed by atoms with E-state index in [0.717, 1.165) is 20.2 Å². The minimum atomic E-state index is -0.199. The number of nitrogens with one attached hydrogen (secondary N) is 1. The van der Waals surface area contributed by atoms with Crippen LogP contribution >= 0.6 is 31.9 Å². The van der Waals surface area contributed by atoms with Crippen molar-refractivity contribution in [3.05, 3.63) is 56.5 Å². The van der Waals surface area contributed by atoms with E-state index in [-0.39, 0.29) is 5.91 Å². The molecule has 0 unspecified atom stereocenters. The Morgan fingerprint density at radius 3 is 2.57 bits per heavy atom. The summed E-state index contributed by atoms with van der Waals surface area (Å²) in [4.78, 5) is 12.6. The number of benzene rings is 2. The van der Waals surface area contributed by atoms with Crippen molar-refractivity contribution in [2.75, 3.05) is 11.9 Å². The van der Waals surface area contributed by atoms with Gasteiger partial charge in [0, 0.05) is 8.95 Å². The normalized spacial score (nSPS) is 10.7. The molecule has 0 atom stereocenters. The Hall–Kier alpha value is -1.33. The molecule has 5 heteroatoms. The van der Waals surface area contributed by atoms with Gasteiger partial charge in [0.15, 0.2) is 0 Å². The molecule has 122 valence electrons. The SMILES string of the molecule is Cc1ccc(NC(=O)c2cc(Br)ccc2OCC(C)C)c(Br)c1. The number of hydrogen-bond acceptors (Lipinski definition) is 2. The van der Waals surface area contributed by atoms with Crippen LogP contribution < -0.4 is 10.1 Å². The van der Waals surface area contributed by atoms with E-state index in [9.17, 15) is 4.79 Å². The zero-order chi connectivity index (χ0) is 17.0. The Bertz CT molecular complexity index is 714. The summed E-state index contributed by atoms with van der Waals surface area (Å²) in [6, 6.07) is 11.3. The van der Waals surface area contributed by atoms with Crippen LogP contribution in [0.1, 0.15) is 29.8 Å². The molecular formula is C18H19Br2NO2. The van der Waals surface area contributed by atoms with Crippen molar-refractivity contribution in [3.63, 3.8) is 0 Å². The van der Waals surface area contributed by atoms with Crippen molar-refractivity contribution >= 4 is 43.5 Å². The third-order valence-corrected chi connectivity index (χ3v) is 4.28. The second-order valence-electron chi connectivity index (χ2n) is 5.78. The molecule has 0 spiro atoms. The highest BCUT2D eigenvalue weighted by molar-refractivity contribution is 9.10. The molecule has 0 aliphatic carbocycles. The number of halogens is 2. The van der Waals surface area contributed by atoms with Crippen molar-refractivity contribution < 1.29 is 9.53 Å². The van der Waals surface area contributed by atoms with Gasteiger partial charge in [-0.2, -0.15) is 0 Å². The molecule has 3 nitrogen and oxygen atoms in total. The highest BCUT2D eigenvalue weighted by Crippen LogP contribution is 2.27. The van der Waals surface area contributed by atoms with E-state index in [0.29, 0.717) is 23.8 Å². The first-order valence-electron chi connectivity index (χ1n) is 7.36. The van der Waals surface area contributed by atoms with E-state index in [4.69, 9.17) is 4.74 Å². The van der Waals surface area contributed by atoms with Crippen LogP contribution in [0.2, 0.25) is 0 Å². The van der Waals surface area contributed by atoms with Gasteiger partial charge in [0.25, 0.3) is 5.91 Å². The smallest absolute Gasteiger partial charge is 0.259 e. The fraction of sp³-hybridized carbons (Fsp3) is 0.278. The second-order valence-corrected chi connectivity index (χ2v) is 7.55. The molecule has 0 heterocycles. The molecule has 2 rings (SSSR count). The predicted octanol–water partition coefficient (Wildman–Crippen LogP) is 5.81. The van der Waals surface area contributed by atoms with Gasteiger partial charge in [-0.15, -0.1) is 0 Å². The highest BCUT2D eigenvalue weighted by Gasteiger charge is 2.15. The molecule has 0 aromatic heterocycles. The molecule has 0 saturated heterocycles. The lowest BCUT2D eigenvalue weighted by atomic mass is 10.1. The van der Waals surface area contributed by atoms with Gasteiger partial charge < -0.3 is 10.1 Å². The summed E-state index contributed by atoms with van der Waals surface area (Å²) in [5, 5.41) is 2.92. The molecule has 0 fully saturated rings. The maximum absolute atomic E-state index is 12.6. The van der Waals surface area contributed by atoms with Crippen LogP contribution in [0.25, 0.3) is 0 Å². The zero-order valence-corrected chi connectivity index (χ0v) is 16.5. The zero-order valence-electron chi connectivity index (χ0n) is 13.3. The van der Waals surface area contributed by atoms with E-state index in [1.54, 1.807) is 6.07 Å². The van der Waals surface area contributed by atoms with Crippen molar-refractivity contribution in [1.29, 1.82) is 0 Å². The predicted molar refractivity (Wildman–Crippen MR) is 101 cm³/mol. The monoisotopic (exact) mass is 439 g/mol. The summed E-state index contributed by atoms with van der Waals surface area (Å²) in [6.07, 6.45) is 0. The first kappa shape index (κ1) is 18.0. The van der Waals surface area contributed by atoms with E-state index < -0.39 is 0 Å². The van der Waals surface area contributed by atoms with Crippen LogP contribution in [0.4, 0.5) is 5.69 Å². The van der Waals surface area contributed by atoms with Crippen LogP contribution in [0.5, 0.6) is 5.75 Å². The number of carbonyl (C=O) groups excluding carboxylic acids is 1. The third kappa shape index (κ3) is 5.08. The molecule has 23 heavy (non-hydrogen) atoms. The summed E-state index contributed by atoms with van der Waals surface area (Å²) in [7, 11) is 0. The highest BCUT2D eigenvalue weighted by atomic mass is 79.9. The molecule has 0 radical (unpaired) electrons. The van der Waals surface area contributed by atoms with E-state index in [1.165, 1.54) is 0 Å². The van der Waals surface area contributed by atoms with Gasteiger partial charge in [-0.1, -0.05) is 35.8 Å². The molecule has 0 bridgehead atoms. The summed E-state index contributed by atoms with van der Waals surface area (Å²) in [6.45, 7) is 6.71. The standard InChI is InChI=1S/C18H19Br2NO2/c1-11(2)10-23-17-7-5-13(19)9-14(17)18(22)21-16-6-4-12(3)8-15(16)20/h4-9,11H,10H2,1-3H3,(H,21,22). The van der Waals surface area contributed by atoms with Gasteiger partial charge in [0.1, 0.15) is 5.75 Å². The van der Waals surface area contributed by atoms with Gasteiger partial charge in [-0.3, -0.25) is 4.79 Å². The van der Waals surface area contributed by atoms with Crippen LogP contribution in [0.15, 0.2) is 45.3 Å².